The van der Waals surface area contributed by atoms with Gasteiger partial charge in [-0.1, -0.05) is 299 Å². The molecule has 0 fully saturated rings. The van der Waals surface area contributed by atoms with Gasteiger partial charge in [-0.2, -0.15) is 0 Å². The molecule has 19 heteroatoms. The molecule has 0 saturated carbocycles. The van der Waals surface area contributed by atoms with Gasteiger partial charge in [-0.15, -0.1) is 0 Å². The molecule has 0 aliphatic carbocycles. The SMILES string of the molecule is CCC(C)CCCCCCCCC(=O)OC[C@H](COP(=O)(O)OC[C@H](O)COP(=O)(O)OC[C@@H](COC(=O)CCCCCCCCCCCCCCCC(C)C)OC(=O)CCCCCCCCC(C)CC)OC(=O)CCCCCCCCCCCCCC(C)C. The lowest BCUT2D eigenvalue weighted by Gasteiger charge is -2.21. The van der Waals surface area contributed by atoms with Crippen LogP contribution in [0.5, 0.6) is 0 Å². The van der Waals surface area contributed by atoms with Gasteiger partial charge in [0, 0.05) is 25.7 Å². The largest absolute Gasteiger partial charge is 0.472 e. The Kier molecular flexibility index (Phi) is 59.4. The number of unbranched alkanes of at least 4 members (excludes halogenated alkanes) is 32. The molecule has 0 rings (SSSR count). The molecule has 17 nitrogen and oxygen atoms in total. The second-order valence-corrected chi connectivity index (χ2v) is 30.0. The Balaban J connectivity index is 5.23. The van der Waals surface area contributed by atoms with Crippen molar-refractivity contribution in [1.82, 2.24) is 0 Å². The van der Waals surface area contributed by atoms with E-state index in [1.165, 1.54) is 148 Å². The number of aliphatic hydroxyl groups excluding tert-OH is 1. The number of phosphoric acid groups is 2. The number of carbonyl (C=O) groups excluding carboxylic acids is 4. The van der Waals surface area contributed by atoms with Crippen LogP contribution >= 0.6 is 15.6 Å². The van der Waals surface area contributed by atoms with Crippen LogP contribution in [0.15, 0.2) is 0 Å². The molecule has 3 N–H and O–H groups in total. The smallest absolute Gasteiger partial charge is 0.462 e. The first-order chi connectivity index (χ1) is 43.2. The molecule has 4 unspecified atom stereocenters. The van der Waals surface area contributed by atoms with E-state index in [1.54, 1.807) is 0 Å². The first-order valence-electron chi connectivity index (χ1n) is 36.8. The summed E-state index contributed by atoms with van der Waals surface area (Å²) in [4.78, 5) is 72.6. The minimum atomic E-state index is -4.95. The number of carbonyl (C=O) groups is 4. The maximum absolute atomic E-state index is 13.0. The topological polar surface area (TPSA) is 237 Å². The van der Waals surface area contributed by atoms with E-state index in [0.29, 0.717) is 25.7 Å². The van der Waals surface area contributed by atoms with E-state index in [-0.39, 0.29) is 25.7 Å². The van der Waals surface area contributed by atoms with E-state index in [1.807, 2.05) is 0 Å². The Morgan fingerprint density at radius 2 is 0.533 bits per heavy atom. The summed E-state index contributed by atoms with van der Waals surface area (Å²) in [6, 6.07) is 0. The summed E-state index contributed by atoms with van der Waals surface area (Å²) < 4.78 is 68.3. The summed E-state index contributed by atoms with van der Waals surface area (Å²) in [5, 5.41) is 10.6. The normalized spacial score (nSPS) is 14.9. The third-order valence-corrected chi connectivity index (χ3v) is 18.9. The molecule has 0 heterocycles. The maximum atomic E-state index is 13.0. The van der Waals surface area contributed by atoms with Crippen LogP contribution in [0.4, 0.5) is 0 Å². The van der Waals surface area contributed by atoms with Crippen molar-refractivity contribution in [1.29, 1.82) is 0 Å². The van der Waals surface area contributed by atoms with Crippen molar-refractivity contribution in [2.75, 3.05) is 39.6 Å². The van der Waals surface area contributed by atoms with E-state index in [9.17, 15) is 43.2 Å². The minimum absolute atomic E-state index is 0.103. The molecule has 0 saturated heterocycles. The van der Waals surface area contributed by atoms with Crippen LogP contribution in [-0.2, 0) is 65.4 Å². The quantitative estimate of drug-likeness (QED) is 0.0222. The predicted molar refractivity (Wildman–Crippen MR) is 363 cm³/mol. The van der Waals surface area contributed by atoms with Gasteiger partial charge in [0.25, 0.3) is 0 Å². The second kappa shape index (κ2) is 60.7. The number of esters is 4. The predicted octanol–water partition coefficient (Wildman–Crippen LogP) is 20.1. The fourth-order valence-electron chi connectivity index (χ4n) is 10.6. The van der Waals surface area contributed by atoms with E-state index < -0.39 is 97.5 Å². The van der Waals surface area contributed by atoms with E-state index in [4.69, 9.17) is 37.0 Å². The van der Waals surface area contributed by atoms with Crippen LogP contribution in [0, 0.1) is 23.7 Å². The summed E-state index contributed by atoms with van der Waals surface area (Å²) in [7, 11) is -9.90. The Labute approximate surface area is 549 Å². The number of hydrogen-bond acceptors (Lipinski definition) is 15. The summed E-state index contributed by atoms with van der Waals surface area (Å²) >= 11 is 0. The average Bonchev–Trinajstić information content (AvgIpc) is 2.50. The van der Waals surface area contributed by atoms with Crippen LogP contribution < -0.4 is 0 Å². The van der Waals surface area contributed by atoms with Crippen LogP contribution in [0.2, 0.25) is 0 Å². The van der Waals surface area contributed by atoms with Crippen LogP contribution in [0.1, 0.15) is 351 Å². The van der Waals surface area contributed by atoms with Crippen LogP contribution in [-0.4, -0.2) is 96.7 Å². The number of hydrogen-bond donors (Lipinski definition) is 3. The molecule has 0 aromatic carbocycles. The Hall–Kier alpha value is -1.94. The zero-order valence-corrected chi connectivity index (χ0v) is 60.6. The molecule has 0 aliphatic rings. The van der Waals surface area contributed by atoms with Gasteiger partial charge >= 0.3 is 39.5 Å². The number of aliphatic hydroxyl groups is 1. The monoisotopic (exact) mass is 1320 g/mol. The highest BCUT2D eigenvalue weighted by Gasteiger charge is 2.30. The van der Waals surface area contributed by atoms with Gasteiger partial charge in [-0.05, 0) is 49.4 Å². The fraction of sp³-hybridized carbons (Fsp3) is 0.944. The van der Waals surface area contributed by atoms with Crippen molar-refractivity contribution >= 4 is 39.5 Å². The lowest BCUT2D eigenvalue weighted by atomic mass is 10.00. The van der Waals surface area contributed by atoms with Crippen molar-refractivity contribution in [3.63, 3.8) is 0 Å². The van der Waals surface area contributed by atoms with E-state index in [0.717, 1.165) is 120 Å². The van der Waals surface area contributed by atoms with E-state index in [2.05, 4.69) is 55.4 Å². The minimum Gasteiger partial charge on any atom is -0.462 e. The highest BCUT2D eigenvalue weighted by atomic mass is 31.2. The first kappa shape index (κ1) is 88.1. The first-order valence-corrected chi connectivity index (χ1v) is 39.8. The summed E-state index contributed by atoms with van der Waals surface area (Å²) in [5.41, 5.74) is 0. The standard InChI is InChI=1S/C71H138O17P2/c1-9-63(7)49-41-33-27-29-36-44-52-69(74)82-58-66(87-70(75)53-45-37-26-22-18-14-16-20-24-32-40-48-62(5)6)59-85-89(77,78)83-55-65(72)56-84-90(79,80)86-60-67(88-71(76)54-46-38-30-28-34-42-50-64(8)10-2)57-81-68(73)51-43-35-25-21-17-13-11-12-15-19-23-31-39-47-61(3)4/h61-67,72H,9-60H2,1-8H3,(H,77,78)(H,79,80)/t63?,64?,65-,66+,67+/m0/s1. The molecular weight excluding hydrogens is 1190 g/mol. The molecule has 7 atom stereocenters. The molecule has 0 radical (unpaired) electrons. The molecule has 534 valence electrons. The van der Waals surface area contributed by atoms with Crippen LogP contribution in [0.3, 0.4) is 0 Å². The lowest BCUT2D eigenvalue weighted by Crippen LogP contribution is -2.30. The van der Waals surface area contributed by atoms with Crippen LogP contribution in [0.25, 0.3) is 0 Å². The zero-order valence-electron chi connectivity index (χ0n) is 58.8. The molecule has 90 heavy (non-hydrogen) atoms. The third-order valence-electron chi connectivity index (χ3n) is 17.0. The van der Waals surface area contributed by atoms with Gasteiger partial charge < -0.3 is 33.8 Å². The molecule has 0 spiro atoms. The Morgan fingerprint density at radius 3 is 0.789 bits per heavy atom. The van der Waals surface area contributed by atoms with Crippen molar-refractivity contribution in [2.45, 2.75) is 369 Å². The molecule has 0 aromatic heterocycles. The second-order valence-electron chi connectivity index (χ2n) is 27.1. The number of ether oxygens (including phenoxy) is 4. The van der Waals surface area contributed by atoms with Gasteiger partial charge in [0.15, 0.2) is 12.2 Å². The molecule has 0 aromatic rings. The van der Waals surface area contributed by atoms with Crippen molar-refractivity contribution < 1.29 is 80.2 Å². The molecule has 0 aliphatic heterocycles. The summed E-state index contributed by atoms with van der Waals surface area (Å²) in [5.74, 6) is 0.876. The highest BCUT2D eigenvalue weighted by Crippen LogP contribution is 2.45. The fourth-order valence-corrected chi connectivity index (χ4v) is 12.2. The van der Waals surface area contributed by atoms with Crippen molar-refractivity contribution in [3.8, 4) is 0 Å². The van der Waals surface area contributed by atoms with Gasteiger partial charge in [0.05, 0.1) is 26.4 Å². The Morgan fingerprint density at radius 1 is 0.311 bits per heavy atom. The van der Waals surface area contributed by atoms with Gasteiger partial charge in [0.1, 0.15) is 19.3 Å². The zero-order chi connectivity index (χ0) is 66.8. The molecule has 0 amide bonds. The molecule has 0 bridgehead atoms. The molecular formula is C71H138O17P2. The maximum Gasteiger partial charge on any atom is 0.472 e. The summed E-state index contributed by atoms with van der Waals surface area (Å²) in [6.45, 7) is 14.1. The van der Waals surface area contributed by atoms with Gasteiger partial charge in [0.2, 0.25) is 0 Å². The van der Waals surface area contributed by atoms with Gasteiger partial charge in [-0.3, -0.25) is 37.3 Å². The van der Waals surface area contributed by atoms with Gasteiger partial charge in [-0.25, -0.2) is 9.13 Å². The number of rotatable bonds is 68. The highest BCUT2D eigenvalue weighted by molar-refractivity contribution is 7.47. The van der Waals surface area contributed by atoms with Crippen molar-refractivity contribution in [2.24, 2.45) is 23.7 Å². The Bertz CT molecular complexity index is 1790. The summed E-state index contributed by atoms with van der Waals surface area (Å²) in [6.07, 6.45) is 43.1. The van der Waals surface area contributed by atoms with E-state index >= 15 is 0 Å². The van der Waals surface area contributed by atoms with Crippen molar-refractivity contribution in [3.05, 3.63) is 0 Å². The number of phosphoric ester groups is 2. The third kappa shape index (κ3) is 62.2. The average molecular weight is 1330 g/mol. The lowest BCUT2D eigenvalue weighted by molar-refractivity contribution is -0.161.